The third-order valence-corrected chi connectivity index (χ3v) is 6.56. The summed E-state index contributed by atoms with van der Waals surface area (Å²) in [4.78, 5) is 20.2. The largest absolute Gasteiger partial charge is 0.478 e. The number of imidazole rings is 1. The number of benzene rings is 3. The first-order valence-electron chi connectivity index (χ1n) is 12.6. The van der Waals surface area contributed by atoms with Crippen LogP contribution in [0.2, 0.25) is 0 Å². The van der Waals surface area contributed by atoms with Crippen molar-refractivity contribution in [2.45, 2.75) is 26.0 Å². The number of nitrogens with zero attached hydrogens (tertiary/aromatic N) is 5. The highest BCUT2D eigenvalue weighted by molar-refractivity contribution is 5.92. The van der Waals surface area contributed by atoms with E-state index in [4.69, 9.17) is 15.3 Å². The van der Waals surface area contributed by atoms with Crippen LogP contribution in [0.4, 0.5) is 13.2 Å². The first-order valence-corrected chi connectivity index (χ1v) is 12.6. The van der Waals surface area contributed by atoms with E-state index >= 15 is 8.78 Å². The Morgan fingerprint density at radius 2 is 1.74 bits per heavy atom. The van der Waals surface area contributed by atoms with Crippen molar-refractivity contribution in [1.82, 2.24) is 14.5 Å². The number of hydrogen-bond acceptors (Lipinski definition) is 6. The van der Waals surface area contributed by atoms with Crippen LogP contribution in [0.5, 0.6) is 5.88 Å². The zero-order valence-electron chi connectivity index (χ0n) is 21.8. The van der Waals surface area contributed by atoms with Crippen LogP contribution < -0.4 is 4.74 Å². The fourth-order valence-electron chi connectivity index (χ4n) is 4.47. The van der Waals surface area contributed by atoms with Gasteiger partial charge in [0.1, 0.15) is 29.9 Å². The summed E-state index contributed by atoms with van der Waals surface area (Å²) in [6, 6.07) is 18.8. The van der Waals surface area contributed by atoms with Crippen LogP contribution in [0.1, 0.15) is 39.3 Å². The maximum atomic E-state index is 15.3. The molecule has 0 aliphatic heterocycles. The standard InChI is InChI=1S/C31H20F3N5O3/c32-23-11-18(16-36)5-6-20(23)17-42-30-4-1-3-26(38-30)22-15-24(33)21(12-25(22)34)14-29-37-27-8-7-19(31(40)41)13-28(27)39(29)10-2-9-35/h1,3-8,11-13,15H,2,10,14,17H2,(H,40,41). The van der Waals surface area contributed by atoms with Gasteiger partial charge in [0, 0.05) is 30.2 Å². The lowest BCUT2D eigenvalue weighted by molar-refractivity contribution is 0.0697. The summed E-state index contributed by atoms with van der Waals surface area (Å²) in [5.41, 5.74) is 1.33. The SMILES string of the molecule is N#CCCn1c(Cc2cc(F)c(-c3cccc(OCc4ccc(C#N)cc4F)n3)cc2F)nc2ccc(C(=O)O)cc21. The Kier molecular flexibility index (Phi) is 7.85. The fraction of sp³-hybridized carbons (Fsp3) is 0.129. The highest BCUT2D eigenvalue weighted by Crippen LogP contribution is 2.28. The van der Waals surface area contributed by atoms with Gasteiger partial charge in [0.05, 0.1) is 46.4 Å². The minimum atomic E-state index is -1.13. The van der Waals surface area contributed by atoms with E-state index in [9.17, 15) is 14.3 Å². The molecule has 0 fully saturated rings. The molecule has 0 amide bonds. The van der Waals surface area contributed by atoms with Gasteiger partial charge in [0.25, 0.3) is 0 Å². The van der Waals surface area contributed by atoms with Gasteiger partial charge in [0.15, 0.2) is 0 Å². The minimum absolute atomic E-state index is 0.00641. The number of aromatic nitrogens is 3. The van der Waals surface area contributed by atoms with Gasteiger partial charge in [-0.05, 0) is 54.1 Å². The number of aromatic carboxylic acids is 1. The summed E-state index contributed by atoms with van der Waals surface area (Å²) in [6.45, 7) is 0.00120. The molecule has 0 radical (unpaired) electrons. The van der Waals surface area contributed by atoms with Gasteiger partial charge in [0.2, 0.25) is 5.88 Å². The molecule has 5 aromatic rings. The molecule has 0 unspecified atom stereocenters. The van der Waals surface area contributed by atoms with Gasteiger partial charge < -0.3 is 14.4 Å². The molecule has 0 saturated heterocycles. The molecule has 0 aliphatic carbocycles. The van der Waals surface area contributed by atoms with Crippen molar-refractivity contribution >= 4 is 17.0 Å². The summed E-state index contributed by atoms with van der Waals surface area (Å²) in [5.74, 6) is -2.80. The molecule has 0 saturated carbocycles. The number of pyridine rings is 1. The van der Waals surface area contributed by atoms with E-state index in [0.29, 0.717) is 16.9 Å². The number of rotatable bonds is 9. The fourth-order valence-corrected chi connectivity index (χ4v) is 4.47. The molecule has 8 nitrogen and oxygen atoms in total. The lowest BCUT2D eigenvalue weighted by atomic mass is 10.0. The second-order valence-corrected chi connectivity index (χ2v) is 9.26. The molecule has 0 bridgehead atoms. The highest BCUT2D eigenvalue weighted by Gasteiger charge is 2.18. The lowest BCUT2D eigenvalue weighted by Crippen LogP contribution is -2.07. The summed E-state index contributed by atoms with van der Waals surface area (Å²) >= 11 is 0. The van der Waals surface area contributed by atoms with Crippen molar-refractivity contribution < 1.29 is 27.8 Å². The second kappa shape index (κ2) is 11.8. The average Bonchev–Trinajstić information content (AvgIpc) is 3.33. The predicted octanol–water partition coefficient (Wildman–Crippen LogP) is 6.17. The quantitative estimate of drug-likeness (QED) is 0.226. The summed E-state index contributed by atoms with van der Waals surface area (Å²) in [7, 11) is 0. The van der Waals surface area contributed by atoms with Crippen molar-refractivity contribution in [3.8, 4) is 29.3 Å². The van der Waals surface area contributed by atoms with Crippen LogP contribution in [0.15, 0.2) is 66.7 Å². The molecule has 2 heterocycles. The van der Waals surface area contributed by atoms with Crippen LogP contribution >= 0.6 is 0 Å². The minimum Gasteiger partial charge on any atom is -0.478 e. The maximum absolute atomic E-state index is 15.3. The van der Waals surface area contributed by atoms with Crippen LogP contribution in [-0.4, -0.2) is 25.6 Å². The van der Waals surface area contributed by atoms with Crippen LogP contribution in [-0.2, 0) is 19.6 Å². The number of nitriles is 2. The van der Waals surface area contributed by atoms with Gasteiger partial charge in [-0.25, -0.2) is 27.9 Å². The van der Waals surface area contributed by atoms with Gasteiger partial charge in [-0.15, -0.1) is 0 Å². The maximum Gasteiger partial charge on any atom is 0.335 e. The number of halogens is 3. The molecule has 42 heavy (non-hydrogen) atoms. The zero-order chi connectivity index (χ0) is 29.8. The van der Waals surface area contributed by atoms with Crippen molar-refractivity contribution in [3.63, 3.8) is 0 Å². The molecule has 1 N–H and O–H groups in total. The number of carboxylic acid groups (broad SMARTS) is 1. The second-order valence-electron chi connectivity index (χ2n) is 9.26. The van der Waals surface area contributed by atoms with E-state index in [1.807, 2.05) is 12.1 Å². The number of fused-ring (bicyclic) bond motifs is 1. The zero-order valence-corrected chi connectivity index (χ0v) is 21.8. The molecular formula is C31H20F3N5O3. The normalized spacial score (nSPS) is 10.8. The predicted molar refractivity (Wildman–Crippen MR) is 145 cm³/mol. The Labute approximate surface area is 237 Å². The summed E-state index contributed by atoms with van der Waals surface area (Å²) in [6.07, 6.45) is -0.00821. The lowest BCUT2D eigenvalue weighted by Gasteiger charge is -2.11. The van der Waals surface area contributed by atoms with Crippen molar-refractivity contribution in [1.29, 1.82) is 10.5 Å². The molecule has 2 aromatic heterocycles. The third kappa shape index (κ3) is 5.76. The van der Waals surface area contributed by atoms with Crippen molar-refractivity contribution in [2.75, 3.05) is 0 Å². The number of carbonyl (C=O) groups is 1. The van der Waals surface area contributed by atoms with E-state index in [2.05, 4.69) is 9.97 Å². The third-order valence-electron chi connectivity index (χ3n) is 6.56. The molecular weight excluding hydrogens is 547 g/mol. The topological polar surface area (TPSA) is 125 Å². The van der Waals surface area contributed by atoms with E-state index in [1.165, 1.54) is 42.5 Å². The Morgan fingerprint density at radius 3 is 2.48 bits per heavy atom. The first-order chi connectivity index (χ1) is 20.3. The van der Waals surface area contributed by atoms with E-state index in [1.54, 1.807) is 10.6 Å². The molecule has 208 valence electrons. The number of carboxylic acids is 1. The Balaban J connectivity index is 1.41. The van der Waals surface area contributed by atoms with Gasteiger partial charge in [-0.1, -0.05) is 12.1 Å². The van der Waals surface area contributed by atoms with Gasteiger partial charge >= 0.3 is 5.97 Å². The van der Waals surface area contributed by atoms with Crippen LogP contribution in [0, 0.1) is 40.1 Å². The number of ether oxygens (including phenoxy) is 1. The van der Waals surface area contributed by atoms with Gasteiger partial charge in [-0.3, -0.25) is 0 Å². The van der Waals surface area contributed by atoms with Crippen molar-refractivity contribution in [3.05, 3.63) is 112 Å². The Hall–Kier alpha value is -5.68. The number of hydrogen-bond donors (Lipinski definition) is 1. The molecule has 0 spiro atoms. The van der Waals surface area contributed by atoms with E-state index in [0.717, 1.165) is 18.2 Å². The summed E-state index contributed by atoms with van der Waals surface area (Å²) in [5, 5.41) is 27.3. The Morgan fingerprint density at radius 1 is 0.929 bits per heavy atom. The van der Waals surface area contributed by atoms with Crippen LogP contribution in [0.3, 0.4) is 0 Å². The van der Waals surface area contributed by atoms with Crippen LogP contribution in [0.25, 0.3) is 22.3 Å². The monoisotopic (exact) mass is 567 g/mol. The van der Waals surface area contributed by atoms with E-state index < -0.39 is 23.4 Å². The van der Waals surface area contributed by atoms with Gasteiger partial charge in [-0.2, -0.15) is 10.5 Å². The first kappa shape index (κ1) is 27.9. The highest BCUT2D eigenvalue weighted by atomic mass is 19.1. The smallest absolute Gasteiger partial charge is 0.335 e. The Bertz CT molecular complexity index is 1920. The molecule has 3 aromatic carbocycles. The van der Waals surface area contributed by atoms with E-state index in [-0.39, 0.29) is 65.4 Å². The van der Waals surface area contributed by atoms with Crippen molar-refractivity contribution in [2.24, 2.45) is 0 Å². The molecule has 0 atom stereocenters. The molecule has 0 aliphatic rings. The molecule has 5 rings (SSSR count). The summed E-state index contributed by atoms with van der Waals surface area (Å²) < 4.78 is 52.0. The average molecular weight is 568 g/mol. The number of aryl methyl sites for hydroxylation is 1. The molecule has 11 heteroatoms.